The molecule has 108 heavy (non-hydrogen) atoms. The van der Waals surface area contributed by atoms with Crippen LogP contribution < -0.4 is 42.5 Å². The Morgan fingerprint density at radius 1 is 0.213 bits per heavy atom. The van der Waals surface area contributed by atoms with Crippen molar-refractivity contribution in [2.24, 2.45) is 0 Å². The molecule has 1 fully saturated rings. The van der Waals surface area contributed by atoms with E-state index in [-0.39, 0.29) is 183 Å². The van der Waals surface area contributed by atoms with Crippen molar-refractivity contribution in [1.29, 1.82) is 0 Å². The summed E-state index contributed by atoms with van der Waals surface area (Å²) in [6.45, 7) is 40.2. The van der Waals surface area contributed by atoms with Crippen LogP contribution in [-0.2, 0) is 57.1 Å². The summed E-state index contributed by atoms with van der Waals surface area (Å²) in [5.41, 5.74) is -6.63. The van der Waals surface area contributed by atoms with Gasteiger partial charge in [0.25, 0.3) is 0 Å². The molecule has 36 nitrogen and oxygen atoms in total. The lowest BCUT2D eigenvalue weighted by atomic mass is 10.2. The van der Waals surface area contributed by atoms with E-state index in [0.29, 0.717) is 0 Å². The predicted molar refractivity (Wildman–Crippen MR) is 406 cm³/mol. The summed E-state index contributed by atoms with van der Waals surface area (Å²) in [5.74, 6) is -1.71. The first-order chi connectivity index (χ1) is 49.4. The van der Waals surface area contributed by atoms with E-state index in [9.17, 15) is 57.5 Å². The molecule has 1 aliphatic rings. The van der Waals surface area contributed by atoms with Crippen molar-refractivity contribution in [2.45, 2.75) is 211 Å². The Hall–Kier alpha value is -8.12. The molecule has 1 rings (SSSR count). The van der Waals surface area contributed by atoms with E-state index in [1.807, 2.05) is 19.6 Å². The molecule has 0 aliphatic carbocycles. The second-order valence-electron chi connectivity index (χ2n) is 34.1. The largest absolute Gasteiger partial charge is 0.444 e. The average molecular weight is 1550 g/mol. The smallest absolute Gasteiger partial charge is 0.407 e. The van der Waals surface area contributed by atoms with Crippen LogP contribution in [0.25, 0.3) is 0 Å². The molecule has 1 saturated heterocycles. The zero-order valence-electron chi connectivity index (χ0n) is 69.5. The van der Waals surface area contributed by atoms with Gasteiger partial charge in [0.05, 0.1) is 26.2 Å². The van der Waals surface area contributed by atoms with Crippen molar-refractivity contribution in [1.82, 2.24) is 81.7 Å². The van der Waals surface area contributed by atoms with E-state index in [1.165, 1.54) is 19.6 Å². The van der Waals surface area contributed by atoms with Crippen LogP contribution in [0.2, 0.25) is 0 Å². The number of rotatable bonds is 32. The van der Waals surface area contributed by atoms with Gasteiger partial charge in [0.1, 0.15) is 44.8 Å². The summed E-state index contributed by atoms with van der Waals surface area (Å²) < 4.78 is 43.8. The van der Waals surface area contributed by atoms with Crippen molar-refractivity contribution in [3.05, 3.63) is 0 Å². The minimum Gasteiger partial charge on any atom is -0.444 e. The SMILES string of the molecule is CC(C)(C)OC(=O)NCCN(CCNC(=O)OC(C)(C)C)C(=O)CN1CCN(CC(=O)N(CCNC(=O)OC(C)(C)C)CCNC(=O)OC(C)(C)C)CCN(CC(=O)N(CCNC(=O)OC(C)(C)C)CCNC(=O)OC(C)(C)C)CCN(CC(=O)N(CCNC(=O)OC(C)(C)C)CCNC(=O)OC(C)(C)C)CC1. The third kappa shape index (κ3) is 52.8. The lowest BCUT2D eigenvalue weighted by molar-refractivity contribution is -0.135. The van der Waals surface area contributed by atoms with Crippen LogP contribution in [-0.4, -0.2) is 340 Å². The van der Waals surface area contributed by atoms with Crippen LogP contribution in [0.3, 0.4) is 0 Å². The van der Waals surface area contributed by atoms with E-state index >= 15 is 0 Å². The Kier molecular flexibility index (Phi) is 41.5. The fourth-order valence-electron chi connectivity index (χ4n) is 9.68. The molecule has 1 aliphatic heterocycles. The molecule has 0 aromatic rings. The van der Waals surface area contributed by atoms with Gasteiger partial charge in [0, 0.05) is 157 Å². The van der Waals surface area contributed by atoms with Crippen LogP contribution in [0.4, 0.5) is 38.4 Å². The number of alkyl carbamates (subject to hydrolysis) is 8. The second kappa shape index (κ2) is 45.8. The number of hydrogen-bond donors (Lipinski definition) is 8. The molecule has 12 amide bonds. The van der Waals surface area contributed by atoms with E-state index in [2.05, 4.69) is 42.5 Å². The molecule has 0 bridgehead atoms. The number of nitrogens with one attached hydrogen (secondary N) is 8. The Morgan fingerprint density at radius 2 is 0.315 bits per heavy atom. The van der Waals surface area contributed by atoms with Gasteiger partial charge in [-0.3, -0.25) is 38.8 Å². The number of carbonyl (C=O) groups excluding carboxylic acids is 12. The monoisotopic (exact) mass is 1550 g/mol. The van der Waals surface area contributed by atoms with Gasteiger partial charge < -0.3 is 100 Å². The molecule has 0 aromatic carbocycles. The average Bonchev–Trinajstić information content (AvgIpc) is 0.867. The van der Waals surface area contributed by atoms with E-state index in [1.54, 1.807) is 166 Å². The van der Waals surface area contributed by atoms with Crippen molar-refractivity contribution in [2.75, 3.05) is 183 Å². The molecule has 624 valence electrons. The first-order valence-corrected chi connectivity index (χ1v) is 37.2. The highest BCUT2D eigenvalue weighted by atomic mass is 16.6. The van der Waals surface area contributed by atoms with Crippen molar-refractivity contribution >= 4 is 72.4 Å². The molecule has 0 unspecified atom stereocenters. The summed E-state index contributed by atoms with van der Waals surface area (Å²) in [5, 5.41) is 21.6. The van der Waals surface area contributed by atoms with Gasteiger partial charge >= 0.3 is 48.7 Å². The second-order valence-corrected chi connectivity index (χ2v) is 34.1. The topological polar surface area (TPSA) is 401 Å². The number of carbonyl (C=O) groups is 12. The van der Waals surface area contributed by atoms with Crippen LogP contribution in [0.1, 0.15) is 166 Å². The number of ether oxygens (including phenoxy) is 8. The predicted octanol–water partition coefficient (Wildman–Crippen LogP) is 4.72. The Morgan fingerprint density at radius 3 is 0.407 bits per heavy atom. The van der Waals surface area contributed by atoms with Crippen LogP contribution in [0.5, 0.6) is 0 Å². The highest BCUT2D eigenvalue weighted by Gasteiger charge is 2.30. The van der Waals surface area contributed by atoms with Gasteiger partial charge in [-0.05, 0) is 166 Å². The standard InChI is InChI=1S/C72H136N16O20/c1-65(2,3)101-57(93)73-25-33-85(34-26-74-58(94)102-66(4,5)6)53(89)49-81-41-43-82(50-54(90)86(35-27-75-59(95)103-67(7,8)9)36-28-76-60(96)104-68(10,11)12)45-47-84(52-56(92)88(39-31-79-63(99)107-71(19,20)21)40-32-80-64(100)108-72(22,23)24)48-46-83(44-42-81)51-55(91)87(37-29-77-61(97)105-69(13,14)15)38-30-78-62(98)106-70(16,17)18/h25-52H2,1-24H3,(H,73,93)(H,74,94)(H,75,95)(H,76,96)(H,77,97)(H,78,98)(H,79,99)(H,80,100). The van der Waals surface area contributed by atoms with E-state index < -0.39 is 117 Å². The maximum Gasteiger partial charge on any atom is 0.407 e. The third-order valence-corrected chi connectivity index (χ3v) is 14.2. The lowest BCUT2D eigenvalue weighted by Gasteiger charge is -2.36. The Labute approximate surface area is 641 Å². The summed E-state index contributed by atoms with van der Waals surface area (Å²) in [6, 6.07) is 0. The molecule has 0 spiro atoms. The zero-order chi connectivity index (χ0) is 82.7. The maximum atomic E-state index is 15.0. The molecule has 36 heteroatoms. The fraction of sp³-hybridized carbons (Fsp3) is 0.833. The Balaban J connectivity index is 4.32. The van der Waals surface area contributed by atoms with Crippen molar-refractivity contribution < 1.29 is 95.4 Å². The Bertz CT molecular complexity index is 2320. The van der Waals surface area contributed by atoms with Crippen molar-refractivity contribution in [3.63, 3.8) is 0 Å². The van der Waals surface area contributed by atoms with Crippen LogP contribution in [0, 0.1) is 0 Å². The van der Waals surface area contributed by atoms with Gasteiger partial charge in [0.15, 0.2) is 0 Å². The van der Waals surface area contributed by atoms with Gasteiger partial charge in [-0.15, -0.1) is 0 Å². The number of amides is 12. The summed E-state index contributed by atoms with van der Waals surface area (Å²) in [6.07, 6.45) is -5.75. The number of nitrogens with zero attached hydrogens (tertiary/aromatic N) is 8. The molecule has 0 saturated carbocycles. The first-order valence-electron chi connectivity index (χ1n) is 37.2. The summed E-state index contributed by atoms with van der Waals surface area (Å²) >= 11 is 0. The van der Waals surface area contributed by atoms with E-state index in [4.69, 9.17) is 37.9 Å². The van der Waals surface area contributed by atoms with Crippen LogP contribution >= 0.6 is 0 Å². The third-order valence-electron chi connectivity index (χ3n) is 14.2. The normalized spacial score (nSPS) is 14.3. The van der Waals surface area contributed by atoms with Gasteiger partial charge in [0.2, 0.25) is 23.6 Å². The highest BCUT2D eigenvalue weighted by molar-refractivity contribution is 5.81. The number of hydrogen-bond acceptors (Lipinski definition) is 24. The van der Waals surface area contributed by atoms with Crippen molar-refractivity contribution in [3.8, 4) is 0 Å². The lowest BCUT2D eigenvalue weighted by Crippen LogP contribution is -2.54. The summed E-state index contributed by atoms with van der Waals surface area (Å²) in [4.78, 5) is 177. The quantitative estimate of drug-likeness (QED) is 0.0422. The molecule has 0 aromatic heterocycles. The fourth-order valence-corrected chi connectivity index (χ4v) is 9.68. The molecule has 8 N–H and O–H groups in total. The summed E-state index contributed by atoms with van der Waals surface area (Å²) in [7, 11) is 0. The van der Waals surface area contributed by atoms with Gasteiger partial charge in [-0.1, -0.05) is 0 Å². The van der Waals surface area contributed by atoms with Crippen LogP contribution in [0.15, 0.2) is 0 Å². The van der Waals surface area contributed by atoms with Gasteiger partial charge in [-0.25, -0.2) is 38.4 Å². The first kappa shape index (κ1) is 97.9. The minimum absolute atomic E-state index is 0.0293. The molecule has 0 atom stereocenters. The van der Waals surface area contributed by atoms with Gasteiger partial charge in [-0.2, -0.15) is 0 Å². The highest BCUT2D eigenvalue weighted by Crippen LogP contribution is 2.14. The maximum absolute atomic E-state index is 15.0. The zero-order valence-corrected chi connectivity index (χ0v) is 69.5. The molecular weight excluding hydrogens is 1410 g/mol. The molecular formula is C72H136N16O20. The minimum atomic E-state index is -0.828. The molecule has 0 radical (unpaired) electrons. The van der Waals surface area contributed by atoms with E-state index in [0.717, 1.165) is 0 Å². The molecule has 1 heterocycles.